The minimum atomic E-state index is -0.597. The van der Waals surface area contributed by atoms with Gasteiger partial charge in [-0.2, -0.15) is 0 Å². The van der Waals surface area contributed by atoms with Gasteiger partial charge in [0.15, 0.2) is 5.13 Å². The van der Waals surface area contributed by atoms with Gasteiger partial charge in [0, 0.05) is 33.7 Å². The predicted molar refractivity (Wildman–Crippen MR) is 61.6 cm³/mol. The zero-order valence-electron chi connectivity index (χ0n) is 7.53. The summed E-state index contributed by atoms with van der Waals surface area (Å²) in [5, 5.41) is 6.53. The van der Waals surface area contributed by atoms with Crippen molar-refractivity contribution < 1.29 is 4.21 Å². The number of rotatable bonds is 2. The molecule has 1 fully saturated rings. The lowest BCUT2D eigenvalue weighted by Gasteiger charge is -2.21. The Hall–Kier alpha value is -0.130. The van der Waals surface area contributed by atoms with Crippen molar-refractivity contribution in [2.45, 2.75) is 18.9 Å². The maximum atomic E-state index is 11.1. The second kappa shape index (κ2) is 4.59. The molecular formula is C8H11ClN2OS2. The zero-order chi connectivity index (χ0) is 9.97. The third kappa shape index (κ3) is 2.68. The molecule has 1 aromatic heterocycles. The number of hydrogen-bond acceptors (Lipinski definition) is 4. The number of anilines is 1. The highest BCUT2D eigenvalue weighted by atomic mass is 35.5. The molecule has 0 aliphatic carbocycles. The summed E-state index contributed by atoms with van der Waals surface area (Å²) in [4.78, 5) is 4.12. The minimum absolute atomic E-state index is 0.412. The van der Waals surface area contributed by atoms with Crippen LogP contribution < -0.4 is 5.32 Å². The molecule has 2 heterocycles. The molecule has 1 aliphatic rings. The summed E-state index contributed by atoms with van der Waals surface area (Å²) < 4.78 is 11.1. The number of nitrogens with zero attached hydrogens (tertiary/aromatic N) is 1. The smallest absolute Gasteiger partial charge is 0.184 e. The molecular weight excluding hydrogens is 240 g/mol. The van der Waals surface area contributed by atoms with Crippen molar-refractivity contribution in [1.82, 2.24) is 4.98 Å². The summed E-state index contributed by atoms with van der Waals surface area (Å²) in [6, 6.07) is 0.412. The average molecular weight is 251 g/mol. The summed E-state index contributed by atoms with van der Waals surface area (Å²) in [6.07, 6.45) is 1.92. The third-order valence-electron chi connectivity index (χ3n) is 2.19. The van der Waals surface area contributed by atoms with E-state index in [0.29, 0.717) is 11.2 Å². The molecule has 0 bridgehead atoms. The summed E-state index contributed by atoms with van der Waals surface area (Å²) >= 11 is 7.23. The molecule has 0 atom stereocenters. The van der Waals surface area contributed by atoms with E-state index in [-0.39, 0.29) is 0 Å². The number of nitrogens with one attached hydrogen (secondary N) is 1. The first-order valence-corrected chi connectivity index (χ1v) is 7.21. The minimum Gasteiger partial charge on any atom is -0.359 e. The van der Waals surface area contributed by atoms with Crippen LogP contribution in [0.2, 0.25) is 5.15 Å². The van der Waals surface area contributed by atoms with Crippen LogP contribution in [0.1, 0.15) is 12.8 Å². The van der Waals surface area contributed by atoms with E-state index in [1.54, 1.807) is 0 Å². The lowest BCUT2D eigenvalue weighted by atomic mass is 10.2. The van der Waals surface area contributed by atoms with Crippen molar-refractivity contribution in [2.24, 2.45) is 0 Å². The molecule has 2 rings (SSSR count). The highest BCUT2D eigenvalue weighted by molar-refractivity contribution is 7.85. The Morgan fingerprint density at radius 3 is 2.86 bits per heavy atom. The van der Waals surface area contributed by atoms with Gasteiger partial charge in [0.05, 0.1) is 0 Å². The number of aromatic nitrogens is 1. The second-order valence-corrected chi connectivity index (χ2v) is 6.18. The Morgan fingerprint density at radius 2 is 2.29 bits per heavy atom. The largest absolute Gasteiger partial charge is 0.359 e. The molecule has 1 aromatic rings. The van der Waals surface area contributed by atoms with Crippen LogP contribution in [0.4, 0.5) is 5.13 Å². The number of hydrogen-bond donors (Lipinski definition) is 1. The molecule has 1 N–H and O–H groups in total. The van der Waals surface area contributed by atoms with Crippen molar-refractivity contribution in [3.63, 3.8) is 0 Å². The third-order valence-corrected chi connectivity index (χ3v) is 4.67. The van der Waals surface area contributed by atoms with Gasteiger partial charge in [-0.25, -0.2) is 4.98 Å². The molecule has 1 saturated heterocycles. The average Bonchev–Trinajstić information content (AvgIpc) is 2.56. The van der Waals surface area contributed by atoms with Crippen LogP contribution in [0.25, 0.3) is 0 Å². The molecule has 0 aromatic carbocycles. The van der Waals surface area contributed by atoms with Crippen LogP contribution in [-0.2, 0) is 10.8 Å². The van der Waals surface area contributed by atoms with Crippen LogP contribution in [0.5, 0.6) is 0 Å². The van der Waals surface area contributed by atoms with Gasteiger partial charge in [-0.1, -0.05) is 11.6 Å². The van der Waals surface area contributed by atoms with E-state index < -0.39 is 10.8 Å². The van der Waals surface area contributed by atoms with Crippen LogP contribution in [0.15, 0.2) is 5.38 Å². The quantitative estimate of drug-likeness (QED) is 0.874. The van der Waals surface area contributed by atoms with Gasteiger partial charge < -0.3 is 5.32 Å². The number of halogens is 1. The van der Waals surface area contributed by atoms with E-state index in [2.05, 4.69) is 10.3 Å². The van der Waals surface area contributed by atoms with Crippen molar-refractivity contribution in [3.05, 3.63) is 10.5 Å². The lowest BCUT2D eigenvalue weighted by Crippen LogP contribution is -2.29. The molecule has 6 heteroatoms. The molecule has 0 spiro atoms. The predicted octanol–water partition coefficient (Wildman–Crippen LogP) is 2.12. The van der Waals surface area contributed by atoms with Gasteiger partial charge >= 0.3 is 0 Å². The first kappa shape index (κ1) is 10.4. The van der Waals surface area contributed by atoms with Crippen LogP contribution >= 0.6 is 22.9 Å². The summed E-state index contributed by atoms with van der Waals surface area (Å²) in [6.45, 7) is 0. The number of thiazole rings is 1. The van der Waals surface area contributed by atoms with Gasteiger partial charge in [-0.15, -0.1) is 11.3 Å². The molecule has 78 valence electrons. The van der Waals surface area contributed by atoms with Crippen molar-refractivity contribution in [3.8, 4) is 0 Å². The maximum absolute atomic E-state index is 11.1. The van der Waals surface area contributed by atoms with E-state index in [1.807, 2.05) is 5.38 Å². The van der Waals surface area contributed by atoms with E-state index in [4.69, 9.17) is 11.6 Å². The lowest BCUT2D eigenvalue weighted by molar-refractivity contribution is 0.624. The molecule has 0 amide bonds. The fourth-order valence-electron chi connectivity index (χ4n) is 1.43. The van der Waals surface area contributed by atoms with Gasteiger partial charge in [-0.3, -0.25) is 4.21 Å². The Balaban J connectivity index is 1.89. The standard InChI is InChI=1S/C8H11ClN2OS2/c9-7-5-13-8(11-7)10-6-1-3-14(12)4-2-6/h5-6H,1-4H2,(H,10,11). The Labute approximate surface area is 94.3 Å². The molecule has 0 radical (unpaired) electrons. The normalized spacial score (nSPS) is 27.5. The van der Waals surface area contributed by atoms with E-state index in [1.165, 1.54) is 11.3 Å². The van der Waals surface area contributed by atoms with E-state index >= 15 is 0 Å². The Morgan fingerprint density at radius 1 is 1.57 bits per heavy atom. The highest BCUT2D eigenvalue weighted by Crippen LogP contribution is 2.22. The summed E-state index contributed by atoms with van der Waals surface area (Å²) in [7, 11) is -0.597. The van der Waals surface area contributed by atoms with E-state index in [9.17, 15) is 4.21 Å². The Bertz CT molecular complexity index is 332. The maximum Gasteiger partial charge on any atom is 0.184 e. The first-order valence-electron chi connectivity index (χ1n) is 4.46. The first-order chi connectivity index (χ1) is 6.74. The van der Waals surface area contributed by atoms with Gasteiger partial charge in [-0.05, 0) is 12.8 Å². The fourth-order valence-corrected chi connectivity index (χ4v) is 3.65. The monoisotopic (exact) mass is 250 g/mol. The molecule has 0 unspecified atom stereocenters. The van der Waals surface area contributed by atoms with Crippen molar-refractivity contribution in [1.29, 1.82) is 0 Å². The molecule has 0 saturated carbocycles. The summed E-state index contributed by atoms with van der Waals surface area (Å²) in [5.41, 5.74) is 0. The van der Waals surface area contributed by atoms with Gasteiger partial charge in [0.2, 0.25) is 0 Å². The molecule has 14 heavy (non-hydrogen) atoms. The van der Waals surface area contributed by atoms with E-state index in [0.717, 1.165) is 29.5 Å². The van der Waals surface area contributed by atoms with Crippen LogP contribution in [-0.4, -0.2) is 26.7 Å². The Kier molecular flexibility index (Phi) is 3.41. The van der Waals surface area contributed by atoms with Crippen molar-refractivity contribution in [2.75, 3.05) is 16.8 Å². The van der Waals surface area contributed by atoms with Gasteiger partial charge in [0.25, 0.3) is 0 Å². The van der Waals surface area contributed by atoms with Gasteiger partial charge in [0.1, 0.15) is 5.15 Å². The highest BCUT2D eigenvalue weighted by Gasteiger charge is 2.18. The van der Waals surface area contributed by atoms with Crippen LogP contribution in [0.3, 0.4) is 0 Å². The molecule has 1 aliphatic heterocycles. The fraction of sp³-hybridized carbons (Fsp3) is 0.625. The van der Waals surface area contributed by atoms with Crippen LogP contribution in [0, 0.1) is 0 Å². The molecule has 3 nitrogen and oxygen atoms in total. The summed E-state index contributed by atoms with van der Waals surface area (Å²) in [5.74, 6) is 1.60. The van der Waals surface area contributed by atoms with Crippen molar-refractivity contribution >= 4 is 38.9 Å². The second-order valence-electron chi connectivity index (χ2n) is 3.24. The zero-order valence-corrected chi connectivity index (χ0v) is 9.92. The SMILES string of the molecule is O=S1CCC(Nc2nc(Cl)cs2)CC1. The topological polar surface area (TPSA) is 42.0 Å².